The second-order valence-corrected chi connectivity index (χ2v) is 10.1. The van der Waals surface area contributed by atoms with Crippen LogP contribution in [0.4, 0.5) is 15.3 Å². The third-order valence-electron chi connectivity index (χ3n) is 5.55. The molecule has 0 unspecified atom stereocenters. The zero-order valence-electron chi connectivity index (χ0n) is 20.7. The maximum atomic E-state index is 12.9. The van der Waals surface area contributed by atoms with E-state index in [4.69, 9.17) is 9.47 Å². The highest BCUT2D eigenvalue weighted by Crippen LogP contribution is 2.36. The minimum atomic E-state index is -0.514. The Morgan fingerprint density at radius 2 is 1.42 bits per heavy atom. The van der Waals surface area contributed by atoms with Crippen LogP contribution in [0.2, 0.25) is 0 Å². The van der Waals surface area contributed by atoms with E-state index < -0.39 is 22.3 Å². The van der Waals surface area contributed by atoms with Gasteiger partial charge in [0, 0.05) is 37.3 Å². The molecule has 2 aromatic rings. The molecule has 0 spiro atoms. The standard InChI is InChI=1S/C26H23N3O7S2/c1-15(30)27-18-7-4-16(5-8-18)12-21-23(31)28(25(33)37-21)10-11-29-24(32)22(38-26(29)34)13-17-6-9-19(35-2)14-20(17)36-3/h4-9,12-14H,10-11H2,1-3H3,(H,27,30). The molecule has 2 aliphatic heterocycles. The van der Waals surface area contributed by atoms with Crippen LogP contribution in [-0.4, -0.2) is 65.3 Å². The molecule has 38 heavy (non-hydrogen) atoms. The lowest BCUT2D eigenvalue weighted by atomic mass is 10.1. The van der Waals surface area contributed by atoms with E-state index in [-0.39, 0.29) is 28.8 Å². The van der Waals surface area contributed by atoms with Crippen LogP contribution in [0, 0.1) is 0 Å². The summed E-state index contributed by atoms with van der Waals surface area (Å²) >= 11 is 1.56. The average molecular weight is 554 g/mol. The number of benzene rings is 2. The fourth-order valence-corrected chi connectivity index (χ4v) is 5.40. The molecule has 2 aliphatic rings. The fraction of sp³-hybridized carbons (Fsp3) is 0.192. The maximum absolute atomic E-state index is 12.9. The van der Waals surface area contributed by atoms with Crippen LogP contribution in [0.1, 0.15) is 18.1 Å². The van der Waals surface area contributed by atoms with Crippen LogP contribution < -0.4 is 14.8 Å². The summed E-state index contributed by atoms with van der Waals surface area (Å²) in [6.45, 7) is 1.15. The van der Waals surface area contributed by atoms with Crippen molar-refractivity contribution in [1.29, 1.82) is 0 Å². The summed E-state index contributed by atoms with van der Waals surface area (Å²) < 4.78 is 10.5. The van der Waals surface area contributed by atoms with E-state index in [0.29, 0.717) is 28.3 Å². The molecule has 0 saturated carbocycles. The second-order valence-electron chi connectivity index (χ2n) is 8.08. The lowest BCUT2D eigenvalue weighted by Gasteiger charge is -2.17. The minimum Gasteiger partial charge on any atom is -0.497 e. The van der Waals surface area contributed by atoms with E-state index >= 15 is 0 Å². The number of hydrogen-bond donors (Lipinski definition) is 1. The Balaban J connectivity index is 1.42. The van der Waals surface area contributed by atoms with Crippen LogP contribution in [0.5, 0.6) is 11.5 Å². The zero-order chi connectivity index (χ0) is 27.4. The fourth-order valence-electron chi connectivity index (χ4n) is 3.68. The lowest BCUT2D eigenvalue weighted by Crippen LogP contribution is -2.39. The lowest BCUT2D eigenvalue weighted by molar-refractivity contribution is -0.125. The highest BCUT2D eigenvalue weighted by molar-refractivity contribution is 8.18. The molecule has 0 atom stereocenters. The SMILES string of the molecule is COc1ccc(C=C2SC(=O)N(CCN3C(=O)SC(=Cc4ccc(NC(C)=O)cc4)C3=O)C2=O)c(OC)c1. The predicted octanol–water partition coefficient (Wildman–Crippen LogP) is 4.44. The van der Waals surface area contributed by atoms with Gasteiger partial charge in [-0.05, 0) is 65.5 Å². The summed E-state index contributed by atoms with van der Waals surface area (Å²) in [4.78, 5) is 64.5. The van der Waals surface area contributed by atoms with Crippen molar-refractivity contribution in [3.05, 3.63) is 63.4 Å². The van der Waals surface area contributed by atoms with Gasteiger partial charge in [-0.3, -0.25) is 33.8 Å². The molecule has 10 nitrogen and oxygen atoms in total. The van der Waals surface area contributed by atoms with Crippen LogP contribution >= 0.6 is 23.5 Å². The number of ether oxygens (including phenoxy) is 2. The molecular weight excluding hydrogens is 530 g/mol. The van der Waals surface area contributed by atoms with Gasteiger partial charge in [-0.25, -0.2) is 0 Å². The molecule has 0 aromatic heterocycles. The van der Waals surface area contributed by atoms with Gasteiger partial charge in [0.2, 0.25) is 5.91 Å². The second kappa shape index (κ2) is 11.6. The van der Waals surface area contributed by atoms with Crippen molar-refractivity contribution >= 4 is 69.6 Å². The molecule has 0 radical (unpaired) electrons. The van der Waals surface area contributed by atoms with E-state index in [0.717, 1.165) is 33.3 Å². The molecule has 2 saturated heterocycles. The Morgan fingerprint density at radius 1 is 0.842 bits per heavy atom. The Hall–Kier alpha value is -4.03. The first-order valence-electron chi connectivity index (χ1n) is 11.3. The Kier molecular flexibility index (Phi) is 8.23. The summed E-state index contributed by atoms with van der Waals surface area (Å²) in [6, 6.07) is 11.9. The van der Waals surface area contributed by atoms with Gasteiger partial charge in [0.1, 0.15) is 11.5 Å². The van der Waals surface area contributed by atoms with Gasteiger partial charge in [-0.1, -0.05) is 12.1 Å². The van der Waals surface area contributed by atoms with E-state index in [1.165, 1.54) is 21.1 Å². The quantitative estimate of drug-likeness (QED) is 0.473. The molecule has 4 rings (SSSR count). The van der Waals surface area contributed by atoms with Gasteiger partial charge < -0.3 is 14.8 Å². The molecule has 0 aliphatic carbocycles. The van der Waals surface area contributed by atoms with Gasteiger partial charge in [0.05, 0.1) is 24.0 Å². The average Bonchev–Trinajstić information content (AvgIpc) is 3.31. The van der Waals surface area contributed by atoms with Gasteiger partial charge >= 0.3 is 0 Å². The minimum absolute atomic E-state index is 0.124. The van der Waals surface area contributed by atoms with Crippen molar-refractivity contribution in [3.63, 3.8) is 0 Å². The largest absolute Gasteiger partial charge is 0.497 e. The van der Waals surface area contributed by atoms with Crippen molar-refractivity contribution in [2.24, 2.45) is 0 Å². The van der Waals surface area contributed by atoms with Crippen molar-refractivity contribution in [3.8, 4) is 11.5 Å². The maximum Gasteiger partial charge on any atom is 0.293 e. The van der Waals surface area contributed by atoms with Crippen LogP contribution in [-0.2, 0) is 14.4 Å². The van der Waals surface area contributed by atoms with Gasteiger partial charge in [0.25, 0.3) is 22.3 Å². The van der Waals surface area contributed by atoms with E-state index in [1.54, 1.807) is 54.6 Å². The predicted molar refractivity (Wildman–Crippen MR) is 146 cm³/mol. The number of nitrogens with one attached hydrogen (secondary N) is 1. The number of thioether (sulfide) groups is 2. The normalized spacial score (nSPS) is 17.7. The summed E-state index contributed by atoms with van der Waals surface area (Å²) in [5.74, 6) is -0.155. The van der Waals surface area contributed by atoms with Crippen molar-refractivity contribution in [2.45, 2.75) is 6.92 Å². The van der Waals surface area contributed by atoms with Gasteiger partial charge in [-0.2, -0.15) is 0 Å². The monoisotopic (exact) mass is 553 g/mol. The number of anilines is 1. The summed E-state index contributed by atoms with van der Waals surface area (Å²) in [5.41, 5.74) is 1.88. The first-order chi connectivity index (χ1) is 18.2. The smallest absolute Gasteiger partial charge is 0.293 e. The van der Waals surface area contributed by atoms with E-state index in [9.17, 15) is 24.0 Å². The van der Waals surface area contributed by atoms with Crippen molar-refractivity contribution in [2.75, 3.05) is 32.6 Å². The van der Waals surface area contributed by atoms with Crippen molar-refractivity contribution < 1.29 is 33.4 Å². The van der Waals surface area contributed by atoms with Crippen LogP contribution in [0.25, 0.3) is 12.2 Å². The molecule has 1 N–H and O–H groups in total. The molecule has 196 valence electrons. The number of nitrogens with zero attached hydrogens (tertiary/aromatic N) is 2. The molecule has 2 heterocycles. The Bertz CT molecular complexity index is 1390. The third kappa shape index (κ3) is 5.92. The van der Waals surface area contributed by atoms with Gasteiger partial charge in [-0.15, -0.1) is 0 Å². The molecule has 2 aromatic carbocycles. The molecule has 12 heteroatoms. The summed E-state index contributed by atoms with van der Waals surface area (Å²) in [6.07, 6.45) is 3.14. The van der Waals surface area contributed by atoms with Crippen molar-refractivity contribution in [1.82, 2.24) is 9.80 Å². The number of imide groups is 2. The summed E-state index contributed by atoms with van der Waals surface area (Å²) in [5, 5.41) is 1.68. The first-order valence-corrected chi connectivity index (χ1v) is 12.9. The Labute approximate surface area is 227 Å². The zero-order valence-corrected chi connectivity index (χ0v) is 22.3. The molecular formula is C26H23N3O7S2. The van der Waals surface area contributed by atoms with E-state index in [2.05, 4.69) is 5.32 Å². The van der Waals surface area contributed by atoms with Crippen LogP contribution in [0.3, 0.4) is 0 Å². The highest BCUT2D eigenvalue weighted by Gasteiger charge is 2.39. The highest BCUT2D eigenvalue weighted by atomic mass is 32.2. The molecule has 2 fully saturated rings. The first kappa shape index (κ1) is 27.0. The van der Waals surface area contributed by atoms with E-state index in [1.807, 2.05) is 0 Å². The number of methoxy groups -OCH3 is 2. The molecule has 5 amide bonds. The number of hydrogen-bond acceptors (Lipinski definition) is 9. The number of rotatable bonds is 8. The molecule has 0 bridgehead atoms. The number of carbonyl (C=O) groups is 5. The number of amides is 5. The summed E-state index contributed by atoms with van der Waals surface area (Å²) in [7, 11) is 3.02. The Morgan fingerprint density at radius 3 is 1.95 bits per heavy atom. The van der Waals surface area contributed by atoms with Gasteiger partial charge in [0.15, 0.2) is 0 Å². The third-order valence-corrected chi connectivity index (χ3v) is 7.37. The topological polar surface area (TPSA) is 122 Å². The van der Waals surface area contributed by atoms with Crippen LogP contribution in [0.15, 0.2) is 52.3 Å². The number of carbonyl (C=O) groups excluding carboxylic acids is 5.